The summed E-state index contributed by atoms with van der Waals surface area (Å²) in [6.07, 6.45) is 0.994. The molecule has 2 rings (SSSR count). The lowest BCUT2D eigenvalue weighted by molar-refractivity contribution is 0.553. The Morgan fingerprint density at radius 3 is 2.94 bits per heavy atom. The molecule has 0 bridgehead atoms. The molecule has 1 aromatic heterocycles. The second-order valence-electron chi connectivity index (χ2n) is 4.06. The summed E-state index contributed by atoms with van der Waals surface area (Å²) in [6.45, 7) is 1.94. The Balaban J connectivity index is 2.32. The first-order valence-electron chi connectivity index (χ1n) is 5.14. The molecular weight excluding hydrogens is 247 g/mol. The van der Waals surface area contributed by atoms with Crippen molar-refractivity contribution in [2.45, 2.75) is 13.0 Å². The van der Waals surface area contributed by atoms with Crippen molar-refractivity contribution in [3.8, 4) is 0 Å². The van der Waals surface area contributed by atoms with E-state index in [2.05, 4.69) is 9.97 Å². The van der Waals surface area contributed by atoms with E-state index in [1.165, 1.54) is 0 Å². The molecule has 8 heteroatoms. The molecule has 1 saturated heterocycles. The zero-order valence-electron chi connectivity index (χ0n) is 9.30. The first-order valence-corrected chi connectivity index (χ1v) is 6.96. The van der Waals surface area contributed by atoms with Crippen molar-refractivity contribution in [1.82, 2.24) is 9.97 Å². The van der Waals surface area contributed by atoms with Crippen LogP contribution in [0.25, 0.3) is 0 Å². The van der Waals surface area contributed by atoms with Gasteiger partial charge in [0, 0.05) is 12.6 Å². The number of nitrogens with zero attached hydrogens (tertiary/aromatic N) is 3. The second kappa shape index (κ2) is 4.10. The Kier molecular flexibility index (Phi) is 2.90. The fourth-order valence-corrected chi connectivity index (χ4v) is 3.44. The van der Waals surface area contributed by atoms with Gasteiger partial charge in [0.15, 0.2) is 21.5 Å². The van der Waals surface area contributed by atoms with E-state index in [0.29, 0.717) is 0 Å². The van der Waals surface area contributed by atoms with Gasteiger partial charge >= 0.3 is 0 Å². The Hall–Kier alpha value is -1.44. The third kappa shape index (κ3) is 2.46. The van der Waals surface area contributed by atoms with Gasteiger partial charge in [-0.2, -0.15) is 4.98 Å². The molecule has 94 valence electrons. The van der Waals surface area contributed by atoms with E-state index < -0.39 is 15.7 Å². The molecule has 0 aliphatic carbocycles. The Bertz CT molecular complexity index is 534. The summed E-state index contributed by atoms with van der Waals surface area (Å²) in [6, 6.07) is -0.322. The fourth-order valence-electron chi connectivity index (χ4n) is 1.89. The van der Waals surface area contributed by atoms with E-state index in [1.54, 1.807) is 11.8 Å². The first-order chi connectivity index (χ1) is 7.89. The number of hydrogen-bond acceptors (Lipinski definition) is 6. The lowest BCUT2D eigenvalue weighted by Crippen LogP contribution is -2.47. The topological polar surface area (TPSA) is 89.2 Å². The number of halogens is 1. The predicted molar refractivity (Wildman–Crippen MR) is 61.9 cm³/mol. The maximum Gasteiger partial charge on any atom is 0.222 e. The summed E-state index contributed by atoms with van der Waals surface area (Å²) in [5.41, 5.74) is 5.40. The SMILES string of the molecule is CC1CS(=O)(=O)CCN1c1nc(N)ncc1F. The Morgan fingerprint density at radius 2 is 2.29 bits per heavy atom. The molecule has 17 heavy (non-hydrogen) atoms. The number of aromatic nitrogens is 2. The third-order valence-corrected chi connectivity index (χ3v) is 4.48. The molecule has 2 N–H and O–H groups in total. The van der Waals surface area contributed by atoms with E-state index in [9.17, 15) is 12.8 Å². The highest BCUT2D eigenvalue weighted by atomic mass is 32.2. The van der Waals surface area contributed by atoms with Gasteiger partial charge in [-0.15, -0.1) is 0 Å². The monoisotopic (exact) mass is 260 g/mol. The number of rotatable bonds is 1. The van der Waals surface area contributed by atoms with E-state index >= 15 is 0 Å². The molecule has 1 aliphatic heterocycles. The number of sulfone groups is 1. The minimum absolute atomic E-state index is 0.000682. The van der Waals surface area contributed by atoms with Gasteiger partial charge in [-0.3, -0.25) is 0 Å². The maximum atomic E-state index is 13.5. The first kappa shape index (κ1) is 12.0. The molecule has 2 heterocycles. The molecule has 1 aromatic rings. The van der Waals surface area contributed by atoms with Crippen LogP contribution in [0.2, 0.25) is 0 Å². The zero-order valence-corrected chi connectivity index (χ0v) is 10.1. The standard InChI is InChI=1S/C9H13FN4O2S/c1-6-5-17(15,16)3-2-14(6)8-7(10)4-12-9(11)13-8/h4,6H,2-3,5H2,1H3,(H2,11,12,13). The molecule has 0 amide bonds. The molecular formula is C9H13FN4O2S. The van der Waals surface area contributed by atoms with E-state index in [4.69, 9.17) is 5.73 Å². The summed E-state index contributed by atoms with van der Waals surface area (Å²) in [7, 11) is -3.03. The molecule has 0 spiro atoms. The molecule has 0 radical (unpaired) electrons. The highest BCUT2D eigenvalue weighted by Gasteiger charge is 2.30. The highest BCUT2D eigenvalue weighted by molar-refractivity contribution is 7.91. The van der Waals surface area contributed by atoms with Gasteiger partial charge in [-0.05, 0) is 6.92 Å². The van der Waals surface area contributed by atoms with Gasteiger partial charge in [0.1, 0.15) is 0 Å². The fraction of sp³-hybridized carbons (Fsp3) is 0.556. The quantitative estimate of drug-likeness (QED) is 0.753. The van der Waals surface area contributed by atoms with Crippen molar-refractivity contribution in [1.29, 1.82) is 0 Å². The summed E-state index contributed by atoms with van der Waals surface area (Å²) >= 11 is 0. The average molecular weight is 260 g/mol. The van der Waals surface area contributed by atoms with Crippen LogP contribution in [0.1, 0.15) is 6.92 Å². The van der Waals surface area contributed by atoms with Crippen LogP contribution in [-0.4, -0.2) is 42.5 Å². The lowest BCUT2D eigenvalue weighted by Gasteiger charge is -2.34. The molecule has 1 atom stereocenters. The van der Waals surface area contributed by atoms with Crippen molar-refractivity contribution in [3.05, 3.63) is 12.0 Å². The van der Waals surface area contributed by atoms with Crippen LogP contribution >= 0.6 is 0 Å². The van der Waals surface area contributed by atoms with Crippen molar-refractivity contribution in [2.75, 3.05) is 28.7 Å². The van der Waals surface area contributed by atoms with Crippen molar-refractivity contribution in [3.63, 3.8) is 0 Å². The predicted octanol–water partition coefficient (Wildman–Crippen LogP) is -0.179. The van der Waals surface area contributed by atoms with Crippen LogP contribution < -0.4 is 10.6 Å². The molecule has 0 aromatic carbocycles. The third-order valence-electron chi connectivity index (χ3n) is 2.69. The van der Waals surface area contributed by atoms with Crippen LogP contribution in [-0.2, 0) is 9.84 Å². The van der Waals surface area contributed by atoms with Crippen LogP contribution in [0.15, 0.2) is 6.20 Å². The minimum atomic E-state index is -3.03. The van der Waals surface area contributed by atoms with E-state index in [-0.39, 0.29) is 35.9 Å². The van der Waals surface area contributed by atoms with Gasteiger partial charge in [0.05, 0.1) is 17.7 Å². The molecule has 1 unspecified atom stereocenters. The van der Waals surface area contributed by atoms with Crippen molar-refractivity contribution in [2.24, 2.45) is 0 Å². The van der Waals surface area contributed by atoms with Crippen LogP contribution in [0.3, 0.4) is 0 Å². The summed E-state index contributed by atoms with van der Waals surface area (Å²) in [5, 5.41) is 0. The summed E-state index contributed by atoms with van der Waals surface area (Å²) < 4.78 is 36.4. The molecule has 6 nitrogen and oxygen atoms in total. The smallest absolute Gasteiger partial charge is 0.222 e. The Labute approximate surface area is 98.6 Å². The normalized spacial score (nSPS) is 23.6. The summed E-state index contributed by atoms with van der Waals surface area (Å²) in [5.74, 6) is -0.552. The van der Waals surface area contributed by atoms with Crippen LogP contribution in [0, 0.1) is 5.82 Å². The van der Waals surface area contributed by atoms with Crippen molar-refractivity contribution >= 4 is 21.6 Å². The number of hydrogen-bond donors (Lipinski definition) is 1. The summed E-state index contributed by atoms with van der Waals surface area (Å²) in [4.78, 5) is 8.96. The second-order valence-corrected chi connectivity index (χ2v) is 6.29. The molecule has 1 aliphatic rings. The zero-order chi connectivity index (χ0) is 12.6. The van der Waals surface area contributed by atoms with Gasteiger partial charge in [0.2, 0.25) is 5.95 Å². The van der Waals surface area contributed by atoms with Crippen molar-refractivity contribution < 1.29 is 12.8 Å². The van der Waals surface area contributed by atoms with Gasteiger partial charge in [-0.1, -0.05) is 0 Å². The van der Waals surface area contributed by atoms with Gasteiger partial charge < -0.3 is 10.6 Å². The Morgan fingerprint density at radius 1 is 1.59 bits per heavy atom. The molecule has 1 fully saturated rings. The number of anilines is 2. The highest BCUT2D eigenvalue weighted by Crippen LogP contribution is 2.22. The van der Waals surface area contributed by atoms with Crippen LogP contribution in [0.4, 0.5) is 16.2 Å². The number of nitrogen functional groups attached to an aromatic ring is 1. The molecule has 0 saturated carbocycles. The minimum Gasteiger partial charge on any atom is -0.368 e. The number of nitrogens with two attached hydrogens (primary N) is 1. The van der Waals surface area contributed by atoms with Gasteiger partial charge in [0.25, 0.3) is 0 Å². The van der Waals surface area contributed by atoms with E-state index in [0.717, 1.165) is 6.20 Å². The lowest BCUT2D eigenvalue weighted by atomic mass is 10.3. The van der Waals surface area contributed by atoms with E-state index in [1.807, 2.05) is 0 Å². The largest absolute Gasteiger partial charge is 0.368 e. The average Bonchev–Trinajstić information content (AvgIpc) is 2.21. The van der Waals surface area contributed by atoms with Gasteiger partial charge in [-0.25, -0.2) is 17.8 Å². The maximum absolute atomic E-state index is 13.5. The van der Waals surface area contributed by atoms with Crippen LogP contribution in [0.5, 0.6) is 0 Å².